The van der Waals surface area contributed by atoms with Crippen LogP contribution in [0.4, 0.5) is 5.69 Å². The van der Waals surface area contributed by atoms with E-state index in [9.17, 15) is 9.59 Å². The van der Waals surface area contributed by atoms with Crippen LogP contribution in [0.5, 0.6) is 0 Å². The highest BCUT2D eigenvalue weighted by atomic mass is 16.2. The van der Waals surface area contributed by atoms with E-state index in [1.165, 1.54) is 0 Å². The molecule has 1 heterocycles. The highest BCUT2D eigenvalue weighted by Gasteiger charge is 2.26. The second-order valence-corrected chi connectivity index (χ2v) is 6.03. The van der Waals surface area contributed by atoms with Crippen LogP contribution in [0, 0.1) is 5.92 Å². The van der Waals surface area contributed by atoms with Crippen LogP contribution in [-0.4, -0.2) is 54.3 Å². The van der Waals surface area contributed by atoms with Gasteiger partial charge in [-0.05, 0) is 25.0 Å². The minimum absolute atomic E-state index is 0.00373. The summed E-state index contributed by atoms with van der Waals surface area (Å²) >= 11 is 0. The molecule has 1 N–H and O–H groups in total. The number of para-hydroxylation sites is 1. The van der Waals surface area contributed by atoms with Crippen LogP contribution in [0.25, 0.3) is 0 Å². The molecule has 2 amide bonds. The summed E-state index contributed by atoms with van der Waals surface area (Å²) in [6, 6.07) is 9.48. The van der Waals surface area contributed by atoms with E-state index in [1.54, 1.807) is 0 Å². The number of benzene rings is 1. The van der Waals surface area contributed by atoms with Gasteiger partial charge in [0.1, 0.15) is 0 Å². The van der Waals surface area contributed by atoms with E-state index in [4.69, 9.17) is 0 Å². The Morgan fingerprint density at radius 3 is 2.22 bits per heavy atom. The first kappa shape index (κ1) is 17.5. The minimum Gasteiger partial charge on any atom is -0.340 e. The van der Waals surface area contributed by atoms with Crippen molar-refractivity contribution in [1.82, 2.24) is 9.80 Å². The summed E-state index contributed by atoms with van der Waals surface area (Å²) in [6.45, 7) is 7.46. The lowest BCUT2D eigenvalue weighted by Crippen LogP contribution is -2.51. The molecule has 0 atom stereocenters. The molecule has 2 rings (SSSR count). The Morgan fingerprint density at radius 2 is 1.65 bits per heavy atom. The molecule has 1 aliphatic heterocycles. The van der Waals surface area contributed by atoms with Gasteiger partial charge >= 0.3 is 0 Å². The lowest BCUT2D eigenvalue weighted by Gasteiger charge is -2.35. The van der Waals surface area contributed by atoms with E-state index in [1.807, 2.05) is 35.2 Å². The molecule has 5 heteroatoms. The van der Waals surface area contributed by atoms with Crippen molar-refractivity contribution < 1.29 is 9.59 Å². The average molecular weight is 317 g/mol. The molecule has 0 spiro atoms. The van der Waals surface area contributed by atoms with Crippen LogP contribution in [-0.2, 0) is 9.59 Å². The molecule has 1 saturated heterocycles. The number of nitrogens with one attached hydrogen (secondary N) is 1. The van der Waals surface area contributed by atoms with Crippen molar-refractivity contribution >= 4 is 17.5 Å². The molecule has 1 fully saturated rings. The quantitative estimate of drug-likeness (QED) is 0.875. The molecule has 0 aromatic heterocycles. The molecule has 0 unspecified atom stereocenters. The van der Waals surface area contributed by atoms with Crippen molar-refractivity contribution in [1.29, 1.82) is 0 Å². The fourth-order valence-electron chi connectivity index (χ4n) is 2.95. The molecule has 0 bridgehead atoms. The number of amides is 2. The largest absolute Gasteiger partial charge is 0.340 e. The van der Waals surface area contributed by atoms with Crippen molar-refractivity contribution in [2.75, 3.05) is 38.0 Å². The Balaban J connectivity index is 1.76. The maximum absolute atomic E-state index is 12.4. The first-order valence-corrected chi connectivity index (χ1v) is 8.50. The zero-order valence-corrected chi connectivity index (χ0v) is 14.1. The summed E-state index contributed by atoms with van der Waals surface area (Å²) < 4.78 is 0. The lowest BCUT2D eigenvalue weighted by molar-refractivity contribution is -0.137. The van der Waals surface area contributed by atoms with Gasteiger partial charge < -0.3 is 10.2 Å². The Bertz CT molecular complexity index is 506. The highest BCUT2D eigenvalue weighted by Crippen LogP contribution is 2.14. The molecule has 1 aromatic rings. The number of nitrogens with zero attached hydrogens (tertiary/aromatic N) is 2. The molecule has 0 radical (unpaired) electrons. The molecule has 126 valence electrons. The van der Waals surface area contributed by atoms with Gasteiger partial charge in [-0.2, -0.15) is 0 Å². The van der Waals surface area contributed by atoms with E-state index in [0.29, 0.717) is 19.6 Å². The fraction of sp³-hybridized carbons (Fsp3) is 0.556. The van der Waals surface area contributed by atoms with Gasteiger partial charge in [0.15, 0.2) is 0 Å². The molecule has 0 aliphatic carbocycles. The Labute approximate surface area is 138 Å². The van der Waals surface area contributed by atoms with E-state index in [2.05, 4.69) is 24.1 Å². The molecule has 1 aromatic carbocycles. The zero-order chi connectivity index (χ0) is 16.7. The third kappa shape index (κ3) is 5.06. The molecule has 0 saturated carbocycles. The number of rotatable bonds is 6. The Kier molecular flexibility index (Phi) is 6.59. The van der Waals surface area contributed by atoms with Crippen molar-refractivity contribution in [3.63, 3.8) is 0 Å². The number of anilines is 1. The molecular weight excluding hydrogens is 290 g/mol. The second-order valence-electron chi connectivity index (χ2n) is 6.03. The maximum atomic E-state index is 12.4. The van der Waals surface area contributed by atoms with Crippen molar-refractivity contribution in [3.8, 4) is 0 Å². The van der Waals surface area contributed by atoms with Crippen LogP contribution < -0.4 is 5.32 Å². The van der Waals surface area contributed by atoms with Crippen LogP contribution in [0.3, 0.4) is 0 Å². The molecule has 23 heavy (non-hydrogen) atoms. The number of piperazine rings is 1. The van der Waals surface area contributed by atoms with Gasteiger partial charge in [-0.3, -0.25) is 14.5 Å². The van der Waals surface area contributed by atoms with Crippen molar-refractivity contribution in [2.45, 2.75) is 26.7 Å². The summed E-state index contributed by atoms with van der Waals surface area (Å²) in [4.78, 5) is 28.5. The normalized spacial score (nSPS) is 15.7. The van der Waals surface area contributed by atoms with E-state index >= 15 is 0 Å². The average Bonchev–Trinajstić information content (AvgIpc) is 2.57. The second kappa shape index (κ2) is 8.67. The molecule has 1 aliphatic rings. The number of carbonyl (C=O) groups excluding carboxylic acids is 2. The monoisotopic (exact) mass is 317 g/mol. The van der Waals surface area contributed by atoms with E-state index < -0.39 is 0 Å². The van der Waals surface area contributed by atoms with Crippen LogP contribution in [0.15, 0.2) is 30.3 Å². The standard InChI is InChI=1S/C18H27N3O2/c1-3-15(4-2)18(23)21-12-10-20(11-13-21)14-17(22)19-16-8-6-5-7-9-16/h5-9,15H,3-4,10-14H2,1-2H3,(H,19,22). The SMILES string of the molecule is CCC(CC)C(=O)N1CCN(CC(=O)Nc2ccccc2)CC1. The third-order valence-corrected chi connectivity index (χ3v) is 4.44. The van der Waals surface area contributed by atoms with Gasteiger partial charge in [0, 0.05) is 37.8 Å². The van der Waals surface area contributed by atoms with Gasteiger partial charge in [-0.25, -0.2) is 0 Å². The summed E-state index contributed by atoms with van der Waals surface area (Å²) in [5, 5.41) is 2.90. The van der Waals surface area contributed by atoms with Crippen LogP contribution in [0.2, 0.25) is 0 Å². The predicted octanol–water partition coefficient (Wildman–Crippen LogP) is 2.21. The van der Waals surface area contributed by atoms with E-state index in [-0.39, 0.29) is 17.7 Å². The van der Waals surface area contributed by atoms with E-state index in [0.717, 1.165) is 31.6 Å². The maximum Gasteiger partial charge on any atom is 0.238 e. The van der Waals surface area contributed by atoms with Crippen molar-refractivity contribution in [2.24, 2.45) is 5.92 Å². The number of carbonyl (C=O) groups is 2. The number of hydrogen-bond donors (Lipinski definition) is 1. The lowest BCUT2D eigenvalue weighted by atomic mass is 10.0. The van der Waals surface area contributed by atoms with Gasteiger partial charge in [0.2, 0.25) is 11.8 Å². The fourth-order valence-corrected chi connectivity index (χ4v) is 2.95. The van der Waals surface area contributed by atoms with Crippen molar-refractivity contribution in [3.05, 3.63) is 30.3 Å². The van der Waals surface area contributed by atoms with Gasteiger partial charge in [-0.1, -0.05) is 32.0 Å². The summed E-state index contributed by atoms with van der Waals surface area (Å²) in [6.07, 6.45) is 1.80. The Morgan fingerprint density at radius 1 is 1.04 bits per heavy atom. The van der Waals surface area contributed by atoms with Gasteiger partial charge in [0.05, 0.1) is 6.54 Å². The summed E-state index contributed by atoms with van der Waals surface area (Å²) in [5.41, 5.74) is 0.819. The topological polar surface area (TPSA) is 52.7 Å². The molecule has 5 nitrogen and oxygen atoms in total. The van der Waals surface area contributed by atoms with Gasteiger partial charge in [-0.15, -0.1) is 0 Å². The van der Waals surface area contributed by atoms with Gasteiger partial charge in [0.25, 0.3) is 0 Å². The summed E-state index contributed by atoms with van der Waals surface area (Å²) in [7, 11) is 0. The predicted molar refractivity (Wildman–Crippen MR) is 92.2 cm³/mol. The molecular formula is C18H27N3O2. The van der Waals surface area contributed by atoms with Crippen LogP contribution >= 0.6 is 0 Å². The summed E-state index contributed by atoms with van der Waals surface area (Å²) in [5.74, 6) is 0.405. The van der Waals surface area contributed by atoms with Crippen LogP contribution in [0.1, 0.15) is 26.7 Å². The first-order chi connectivity index (χ1) is 11.1. The highest BCUT2D eigenvalue weighted by molar-refractivity contribution is 5.92. The third-order valence-electron chi connectivity index (χ3n) is 4.44. The number of hydrogen-bond acceptors (Lipinski definition) is 3. The smallest absolute Gasteiger partial charge is 0.238 e. The zero-order valence-electron chi connectivity index (χ0n) is 14.1. The first-order valence-electron chi connectivity index (χ1n) is 8.50. The Hall–Kier alpha value is -1.88. The minimum atomic E-state index is -0.00373.